The van der Waals surface area contributed by atoms with Gasteiger partial charge in [0.05, 0.1) is 32.7 Å². The second-order valence-corrected chi connectivity index (χ2v) is 6.09. The van der Waals surface area contributed by atoms with Crippen LogP contribution in [0.1, 0.15) is 16.8 Å². The molecule has 0 saturated carbocycles. The van der Waals surface area contributed by atoms with E-state index in [1.54, 1.807) is 10.9 Å². The summed E-state index contributed by atoms with van der Waals surface area (Å²) in [5.41, 5.74) is 2.41. The molecule has 0 unspecified atom stereocenters. The maximum absolute atomic E-state index is 9.59. The van der Waals surface area contributed by atoms with E-state index in [0.29, 0.717) is 38.0 Å². The average molecular weight is 386 g/mol. The molecule has 1 N–H and O–H groups in total. The van der Waals surface area contributed by atoms with Crippen molar-refractivity contribution in [2.45, 2.75) is 6.54 Å². The van der Waals surface area contributed by atoms with E-state index in [1.807, 2.05) is 6.07 Å². The lowest BCUT2D eigenvalue weighted by Crippen LogP contribution is -2.15. The van der Waals surface area contributed by atoms with Gasteiger partial charge < -0.3 is 0 Å². The summed E-state index contributed by atoms with van der Waals surface area (Å²) in [5.74, 6) is 0. The molecule has 0 spiro atoms. The number of fused-ring (bicyclic) bond motifs is 1. The summed E-state index contributed by atoms with van der Waals surface area (Å²) in [6.45, 7) is 0.315. The molecule has 0 fully saturated rings. The Morgan fingerprint density at radius 1 is 1.33 bits per heavy atom. The highest BCUT2D eigenvalue weighted by Gasteiger charge is 2.21. The van der Waals surface area contributed by atoms with Crippen molar-refractivity contribution in [1.29, 1.82) is 5.26 Å². The predicted molar refractivity (Wildman–Crippen MR) is 82.5 cm³/mol. The quantitative estimate of drug-likeness (QED) is 0.807. The number of rotatable bonds is 1. The fraction of sp³-hybridized carbons (Fsp3) is 0.0769. The zero-order chi connectivity index (χ0) is 15.1. The van der Waals surface area contributed by atoms with Crippen molar-refractivity contribution >= 4 is 43.6 Å². The van der Waals surface area contributed by atoms with Crippen LogP contribution in [0.15, 0.2) is 24.5 Å². The Balaban J connectivity index is 2.14. The first-order valence-electron chi connectivity index (χ1n) is 5.81. The van der Waals surface area contributed by atoms with Crippen LogP contribution in [-0.4, -0.2) is 20.1 Å². The van der Waals surface area contributed by atoms with Crippen LogP contribution in [-0.2, 0) is 6.54 Å². The fourth-order valence-corrected chi connectivity index (χ4v) is 3.33. The van der Waals surface area contributed by atoms with Crippen LogP contribution >= 0.6 is 39.1 Å². The van der Waals surface area contributed by atoms with Crippen molar-refractivity contribution < 1.29 is 5.21 Å². The molecule has 0 amide bonds. The zero-order valence-electron chi connectivity index (χ0n) is 10.4. The summed E-state index contributed by atoms with van der Waals surface area (Å²) in [6.07, 6.45) is 3.27. The van der Waals surface area contributed by atoms with Crippen LogP contribution < -0.4 is 0 Å². The molecule has 0 atom stereocenters. The number of benzene rings is 1. The van der Waals surface area contributed by atoms with E-state index in [2.05, 4.69) is 21.0 Å². The number of halogens is 3. The molecule has 0 saturated heterocycles. The first kappa shape index (κ1) is 14.4. The molecule has 1 aliphatic rings. The van der Waals surface area contributed by atoms with Crippen molar-refractivity contribution in [2.24, 2.45) is 0 Å². The molecule has 1 aliphatic heterocycles. The maximum atomic E-state index is 9.59. The topological polar surface area (TPSA) is 65.1 Å². The molecule has 5 nitrogen and oxygen atoms in total. The number of nitrogens with zero attached hydrogens (tertiary/aromatic N) is 4. The van der Waals surface area contributed by atoms with Gasteiger partial charge in [0.15, 0.2) is 0 Å². The Morgan fingerprint density at radius 3 is 2.62 bits per heavy atom. The molecule has 0 radical (unpaired) electrons. The largest absolute Gasteiger partial charge is 0.289 e. The average Bonchev–Trinajstić information content (AvgIpc) is 2.81. The Morgan fingerprint density at radius 2 is 2.00 bits per heavy atom. The van der Waals surface area contributed by atoms with Crippen LogP contribution in [0.4, 0.5) is 0 Å². The van der Waals surface area contributed by atoms with Gasteiger partial charge >= 0.3 is 0 Å². The van der Waals surface area contributed by atoms with Gasteiger partial charge in [-0.15, -0.1) is 0 Å². The number of hydrogen-bond donors (Lipinski definition) is 1. The lowest BCUT2D eigenvalue weighted by molar-refractivity contribution is -0.0496. The molecule has 2 aromatic rings. The Labute approximate surface area is 138 Å². The van der Waals surface area contributed by atoms with Gasteiger partial charge in [-0.25, -0.2) is 4.68 Å². The van der Waals surface area contributed by atoms with Crippen molar-refractivity contribution in [3.63, 3.8) is 0 Å². The Hall–Kier alpha value is -1.52. The Kier molecular flexibility index (Phi) is 3.68. The van der Waals surface area contributed by atoms with E-state index >= 15 is 0 Å². The standard InChI is InChI=1S/C13H7BrCl2N4O/c14-9-6-19(21)4-8-5-20(18-12(8)9)13-10(15)1-7(3-17)2-11(13)16/h1-2,5-6,21H,4H2. The minimum atomic E-state index is 0.315. The van der Waals surface area contributed by atoms with Crippen molar-refractivity contribution in [2.75, 3.05) is 0 Å². The van der Waals surface area contributed by atoms with Crippen LogP contribution in [0, 0.1) is 11.3 Å². The first-order chi connectivity index (χ1) is 9.99. The van der Waals surface area contributed by atoms with E-state index < -0.39 is 0 Å². The maximum Gasteiger partial charge on any atom is 0.106 e. The van der Waals surface area contributed by atoms with Crippen molar-refractivity contribution in [3.8, 4) is 11.8 Å². The van der Waals surface area contributed by atoms with Crippen molar-refractivity contribution in [1.82, 2.24) is 14.8 Å². The van der Waals surface area contributed by atoms with E-state index in [4.69, 9.17) is 28.5 Å². The molecular weight excluding hydrogens is 379 g/mol. The number of nitriles is 1. The second kappa shape index (κ2) is 5.35. The van der Waals surface area contributed by atoms with E-state index in [9.17, 15) is 5.21 Å². The number of aromatic nitrogens is 2. The fourth-order valence-electron chi connectivity index (χ4n) is 2.10. The predicted octanol–water partition coefficient (Wildman–Crippen LogP) is 3.95. The monoisotopic (exact) mass is 384 g/mol. The van der Waals surface area contributed by atoms with Gasteiger partial charge in [0.25, 0.3) is 0 Å². The third-order valence-corrected chi connectivity index (χ3v) is 4.14. The van der Waals surface area contributed by atoms with E-state index in [1.165, 1.54) is 18.3 Å². The van der Waals surface area contributed by atoms with E-state index in [-0.39, 0.29) is 0 Å². The third kappa shape index (κ3) is 2.54. The number of hydrogen-bond acceptors (Lipinski definition) is 4. The Bertz CT molecular complexity index is 786. The molecule has 2 heterocycles. The third-order valence-electron chi connectivity index (χ3n) is 2.99. The molecule has 0 bridgehead atoms. The minimum absolute atomic E-state index is 0.315. The van der Waals surface area contributed by atoms with Gasteiger partial charge in [0.2, 0.25) is 0 Å². The molecule has 0 aliphatic carbocycles. The minimum Gasteiger partial charge on any atom is -0.289 e. The molecule has 21 heavy (non-hydrogen) atoms. The summed E-state index contributed by atoms with van der Waals surface area (Å²) in [5, 5.41) is 24.6. The summed E-state index contributed by atoms with van der Waals surface area (Å²) >= 11 is 15.7. The summed E-state index contributed by atoms with van der Waals surface area (Å²) in [7, 11) is 0. The molecular formula is C13H7BrCl2N4O. The normalized spacial score (nSPS) is 13.7. The lowest BCUT2D eigenvalue weighted by atomic mass is 10.2. The van der Waals surface area contributed by atoms with Crippen LogP contribution in [0.5, 0.6) is 0 Å². The highest BCUT2D eigenvalue weighted by Crippen LogP contribution is 2.34. The smallest absolute Gasteiger partial charge is 0.106 e. The number of hydroxylamine groups is 2. The first-order valence-corrected chi connectivity index (χ1v) is 7.35. The van der Waals surface area contributed by atoms with Gasteiger partial charge in [-0.3, -0.25) is 10.3 Å². The van der Waals surface area contributed by atoms with Gasteiger partial charge in [-0.1, -0.05) is 23.2 Å². The SMILES string of the molecule is N#Cc1cc(Cl)c(-n2cc3c(n2)C(Br)=CN(O)C3)c(Cl)c1. The molecule has 1 aromatic heterocycles. The van der Waals surface area contributed by atoms with Crippen LogP contribution in [0.3, 0.4) is 0 Å². The molecule has 106 valence electrons. The summed E-state index contributed by atoms with van der Waals surface area (Å²) in [4.78, 5) is 0. The second-order valence-electron chi connectivity index (χ2n) is 4.42. The summed E-state index contributed by atoms with van der Waals surface area (Å²) in [6, 6.07) is 5.06. The lowest BCUT2D eigenvalue weighted by Gasteiger charge is -2.16. The molecule has 1 aromatic carbocycles. The summed E-state index contributed by atoms with van der Waals surface area (Å²) < 4.78 is 2.20. The van der Waals surface area contributed by atoms with Crippen LogP contribution in [0.2, 0.25) is 10.0 Å². The van der Waals surface area contributed by atoms with E-state index in [0.717, 1.165) is 10.6 Å². The van der Waals surface area contributed by atoms with Crippen molar-refractivity contribution in [3.05, 3.63) is 51.4 Å². The molecule has 8 heteroatoms. The van der Waals surface area contributed by atoms with Gasteiger partial charge in [-0.05, 0) is 28.1 Å². The van der Waals surface area contributed by atoms with Gasteiger partial charge in [-0.2, -0.15) is 10.4 Å². The highest BCUT2D eigenvalue weighted by atomic mass is 79.9. The van der Waals surface area contributed by atoms with Gasteiger partial charge in [0.1, 0.15) is 11.4 Å². The highest BCUT2D eigenvalue weighted by molar-refractivity contribution is 9.15. The van der Waals surface area contributed by atoms with Gasteiger partial charge in [0, 0.05) is 18.0 Å². The molecule has 3 rings (SSSR count). The van der Waals surface area contributed by atoms with Crippen LogP contribution in [0.25, 0.3) is 10.2 Å². The zero-order valence-corrected chi connectivity index (χ0v) is 13.5.